The first-order valence-corrected chi connectivity index (χ1v) is 5.45. The van der Waals surface area contributed by atoms with E-state index in [0.717, 1.165) is 6.42 Å². The largest absolute Gasteiger partial charge is 0.481 e. The van der Waals surface area contributed by atoms with Gasteiger partial charge in [0, 0.05) is 20.3 Å². The summed E-state index contributed by atoms with van der Waals surface area (Å²) in [6, 6.07) is -2.12. The van der Waals surface area contributed by atoms with E-state index in [2.05, 4.69) is 10.6 Å². The van der Waals surface area contributed by atoms with Crippen molar-refractivity contribution in [2.45, 2.75) is 25.3 Å². The van der Waals surface area contributed by atoms with Gasteiger partial charge in [-0.2, -0.15) is 0 Å². The molecule has 0 aliphatic heterocycles. The van der Waals surface area contributed by atoms with E-state index in [1.165, 1.54) is 0 Å². The van der Waals surface area contributed by atoms with Crippen LogP contribution < -0.4 is 10.6 Å². The first kappa shape index (κ1) is 16.2. The van der Waals surface area contributed by atoms with Crippen LogP contribution in [0.1, 0.15) is 19.3 Å². The highest BCUT2D eigenvalue weighted by molar-refractivity contribution is 5.86. The fraction of sp³-hybridized carbons (Fsp3) is 0.700. The van der Waals surface area contributed by atoms with Crippen LogP contribution in [0, 0.1) is 0 Å². The number of carboxylic acid groups (broad SMARTS) is 2. The summed E-state index contributed by atoms with van der Waals surface area (Å²) in [4.78, 5) is 32.3. The average Bonchev–Trinajstić information content (AvgIpc) is 2.27. The van der Waals surface area contributed by atoms with E-state index in [0.29, 0.717) is 19.6 Å². The maximum Gasteiger partial charge on any atom is 0.326 e. The van der Waals surface area contributed by atoms with Gasteiger partial charge in [-0.05, 0) is 12.8 Å². The lowest BCUT2D eigenvalue weighted by Crippen LogP contribution is -2.47. The number of hydrogen-bond donors (Lipinski definition) is 4. The highest BCUT2D eigenvalue weighted by atomic mass is 16.5. The van der Waals surface area contributed by atoms with Crippen molar-refractivity contribution >= 4 is 18.0 Å². The molecule has 0 aromatic heterocycles. The van der Waals surface area contributed by atoms with Crippen LogP contribution in [0.3, 0.4) is 0 Å². The van der Waals surface area contributed by atoms with Gasteiger partial charge in [0.2, 0.25) is 0 Å². The summed E-state index contributed by atoms with van der Waals surface area (Å²) < 4.78 is 4.82. The van der Waals surface area contributed by atoms with E-state index < -0.39 is 30.4 Å². The lowest BCUT2D eigenvalue weighted by Gasteiger charge is -2.13. The first-order valence-electron chi connectivity index (χ1n) is 5.45. The van der Waals surface area contributed by atoms with E-state index in [4.69, 9.17) is 14.9 Å². The molecule has 0 aromatic rings. The van der Waals surface area contributed by atoms with Crippen LogP contribution >= 0.6 is 0 Å². The highest BCUT2D eigenvalue weighted by Gasteiger charge is 2.22. The third kappa shape index (κ3) is 8.34. The van der Waals surface area contributed by atoms with Gasteiger partial charge in [0.1, 0.15) is 6.04 Å². The number of methoxy groups -OCH3 is 1. The van der Waals surface area contributed by atoms with Crippen molar-refractivity contribution in [2.75, 3.05) is 20.3 Å². The molecule has 0 spiro atoms. The number of carboxylic acids is 2. The van der Waals surface area contributed by atoms with Crippen LogP contribution in [0.2, 0.25) is 0 Å². The summed E-state index contributed by atoms with van der Waals surface area (Å²) in [6.07, 6.45) is 0.804. The highest BCUT2D eigenvalue weighted by Crippen LogP contribution is 1.93. The Kier molecular flexibility index (Phi) is 8.29. The number of ether oxygens (including phenoxy) is 1. The Morgan fingerprint density at radius 1 is 1.22 bits per heavy atom. The molecule has 1 atom stereocenters. The zero-order valence-corrected chi connectivity index (χ0v) is 10.1. The molecule has 0 aromatic carbocycles. The number of amides is 2. The predicted octanol–water partition coefficient (Wildman–Crippen LogP) is -0.360. The normalized spacial score (nSPS) is 11.6. The predicted molar refractivity (Wildman–Crippen MR) is 61.3 cm³/mol. The average molecular weight is 262 g/mol. The smallest absolute Gasteiger partial charge is 0.326 e. The summed E-state index contributed by atoms with van der Waals surface area (Å²) in [6.45, 7) is 0.953. The lowest BCUT2D eigenvalue weighted by atomic mass is 10.2. The maximum atomic E-state index is 11.3. The molecule has 0 bridgehead atoms. The van der Waals surface area contributed by atoms with E-state index in [1.807, 2.05) is 0 Å². The number of rotatable bonds is 9. The number of urea groups is 1. The molecule has 0 unspecified atom stereocenters. The quantitative estimate of drug-likeness (QED) is 0.420. The molecular formula is C10H18N2O6. The standard InChI is InChI=1S/C10H18N2O6/c1-18-5-3-2-4-11-10(17)12-7(9(15)16)6-8(13)14/h7H,2-6H2,1H3,(H,13,14)(H,15,16)(H2,11,12,17)/t7-/m0/s1. The molecule has 4 N–H and O–H groups in total. The van der Waals surface area contributed by atoms with E-state index >= 15 is 0 Å². The Balaban J connectivity index is 3.88. The van der Waals surface area contributed by atoms with Gasteiger partial charge in [0.25, 0.3) is 0 Å². The fourth-order valence-electron chi connectivity index (χ4n) is 1.16. The molecule has 8 heteroatoms. The van der Waals surface area contributed by atoms with Gasteiger partial charge in [-0.1, -0.05) is 0 Å². The van der Waals surface area contributed by atoms with Crippen molar-refractivity contribution in [1.82, 2.24) is 10.6 Å². The number of nitrogens with one attached hydrogen (secondary N) is 2. The summed E-state index contributed by atoms with van der Waals surface area (Å²) in [5.74, 6) is -2.67. The van der Waals surface area contributed by atoms with Gasteiger partial charge in [0.05, 0.1) is 6.42 Å². The van der Waals surface area contributed by atoms with E-state index in [1.54, 1.807) is 7.11 Å². The minimum atomic E-state index is -1.43. The molecule has 0 aliphatic rings. The molecule has 0 fully saturated rings. The van der Waals surface area contributed by atoms with Crippen LogP contribution in [0.4, 0.5) is 4.79 Å². The van der Waals surface area contributed by atoms with Crippen LogP contribution in [-0.4, -0.2) is 54.5 Å². The van der Waals surface area contributed by atoms with Gasteiger partial charge in [-0.15, -0.1) is 0 Å². The third-order valence-electron chi connectivity index (χ3n) is 2.04. The lowest BCUT2D eigenvalue weighted by molar-refractivity contribution is -0.145. The molecule has 0 heterocycles. The van der Waals surface area contributed by atoms with Crippen molar-refractivity contribution in [3.63, 3.8) is 0 Å². The summed E-state index contributed by atoms with van der Waals surface area (Å²) in [5, 5.41) is 21.7. The SMILES string of the molecule is COCCCCNC(=O)N[C@@H](CC(=O)O)C(=O)O. The van der Waals surface area contributed by atoms with Crippen molar-refractivity contribution in [1.29, 1.82) is 0 Å². The molecule has 0 rings (SSSR count). The fourth-order valence-corrected chi connectivity index (χ4v) is 1.16. The topological polar surface area (TPSA) is 125 Å². The Labute approximate surface area is 104 Å². The number of aliphatic carboxylic acids is 2. The monoisotopic (exact) mass is 262 g/mol. The number of carbonyl (C=O) groups excluding carboxylic acids is 1. The molecule has 0 saturated carbocycles. The Morgan fingerprint density at radius 3 is 2.39 bits per heavy atom. The Hall–Kier alpha value is -1.83. The molecule has 18 heavy (non-hydrogen) atoms. The zero-order valence-electron chi connectivity index (χ0n) is 10.1. The Bertz CT molecular complexity index is 294. The van der Waals surface area contributed by atoms with Crippen LogP contribution in [0.15, 0.2) is 0 Å². The molecule has 0 saturated heterocycles. The zero-order chi connectivity index (χ0) is 14.0. The summed E-state index contributed by atoms with van der Waals surface area (Å²) >= 11 is 0. The van der Waals surface area contributed by atoms with Crippen molar-refractivity contribution in [3.05, 3.63) is 0 Å². The molecule has 104 valence electrons. The van der Waals surface area contributed by atoms with Gasteiger partial charge in [-0.3, -0.25) is 4.79 Å². The van der Waals surface area contributed by atoms with Crippen LogP contribution in [0.25, 0.3) is 0 Å². The third-order valence-corrected chi connectivity index (χ3v) is 2.04. The summed E-state index contributed by atoms with van der Waals surface area (Å²) in [5.41, 5.74) is 0. The van der Waals surface area contributed by atoms with Crippen LogP contribution in [0.5, 0.6) is 0 Å². The second-order valence-corrected chi connectivity index (χ2v) is 3.59. The molecule has 0 radical (unpaired) electrons. The minimum Gasteiger partial charge on any atom is -0.481 e. The molecule has 2 amide bonds. The maximum absolute atomic E-state index is 11.3. The second kappa shape index (κ2) is 9.23. The van der Waals surface area contributed by atoms with E-state index in [9.17, 15) is 14.4 Å². The number of unbranched alkanes of at least 4 members (excludes halogenated alkanes) is 1. The Morgan fingerprint density at radius 2 is 1.89 bits per heavy atom. The van der Waals surface area contributed by atoms with Crippen molar-refractivity contribution in [2.24, 2.45) is 0 Å². The van der Waals surface area contributed by atoms with Gasteiger partial charge >= 0.3 is 18.0 Å². The van der Waals surface area contributed by atoms with Crippen molar-refractivity contribution < 1.29 is 29.3 Å². The van der Waals surface area contributed by atoms with Crippen LogP contribution in [-0.2, 0) is 14.3 Å². The summed E-state index contributed by atoms with van der Waals surface area (Å²) in [7, 11) is 1.57. The molecular weight excluding hydrogens is 244 g/mol. The first-order chi connectivity index (χ1) is 8.47. The second-order valence-electron chi connectivity index (χ2n) is 3.59. The van der Waals surface area contributed by atoms with Gasteiger partial charge in [0.15, 0.2) is 0 Å². The van der Waals surface area contributed by atoms with Gasteiger partial charge < -0.3 is 25.6 Å². The van der Waals surface area contributed by atoms with Crippen molar-refractivity contribution in [3.8, 4) is 0 Å². The van der Waals surface area contributed by atoms with Gasteiger partial charge in [-0.25, -0.2) is 9.59 Å². The molecule has 0 aliphatic carbocycles. The number of carbonyl (C=O) groups is 3. The molecule has 8 nitrogen and oxygen atoms in total. The van der Waals surface area contributed by atoms with E-state index in [-0.39, 0.29) is 0 Å². The number of hydrogen-bond acceptors (Lipinski definition) is 4. The minimum absolute atomic E-state index is 0.370.